The smallest absolute Gasteiger partial charge is 0.205 e. The molecule has 0 aliphatic rings. The Bertz CT molecular complexity index is 1070. The third-order valence-corrected chi connectivity index (χ3v) is 3.92. The third kappa shape index (κ3) is 3.28. The number of hydrogen-bond donors (Lipinski definition) is 0. The second-order valence-corrected chi connectivity index (χ2v) is 5.82. The molecule has 3 aromatic carbocycles. The summed E-state index contributed by atoms with van der Waals surface area (Å²) in [5, 5.41) is 0. The molecule has 0 aliphatic carbocycles. The first-order valence-corrected chi connectivity index (χ1v) is 7.68. The van der Waals surface area contributed by atoms with Crippen LogP contribution in [0.15, 0.2) is 24.3 Å². The van der Waals surface area contributed by atoms with E-state index in [4.69, 9.17) is 4.74 Å². The lowest BCUT2D eigenvalue weighted by molar-refractivity contribution is 0.363. The molecular formula is C19H7F9O. The minimum Gasteiger partial charge on any atom is -0.451 e. The fourth-order valence-electron chi connectivity index (χ4n) is 2.47. The molecule has 0 fully saturated rings. The zero-order valence-corrected chi connectivity index (χ0v) is 14.1. The highest BCUT2D eigenvalue weighted by Crippen LogP contribution is 2.40. The van der Waals surface area contributed by atoms with Crippen molar-refractivity contribution in [3.63, 3.8) is 0 Å². The van der Waals surface area contributed by atoms with E-state index in [9.17, 15) is 39.5 Å². The Morgan fingerprint density at radius 3 is 1.24 bits per heavy atom. The van der Waals surface area contributed by atoms with E-state index in [1.807, 2.05) is 0 Å². The maximum absolute atomic E-state index is 14.3. The van der Waals surface area contributed by atoms with Crippen molar-refractivity contribution in [2.24, 2.45) is 0 Å². The highest BCUT2D eigenvalue weighted by Gasteiger charge is 2.35. The Kier molecular flexibility index (Phi) is 5.20. The van der Waals surface area contributed by atoms with Gasteiger partial charge in [0.1, 0.15) is 5.75 Å². The number of benzene rings is 3. The van der Waals surface area contributed by atoms with Crippen LogP contribution in [0.3, 0.4) is 0 Å². The molecule has 0 saturated carbocycles. The summed E-state index contributed by atoms with van der Waals surface area (Å²) in [6.07, 6.45) is 0. The minimum atomic E-state index is -2.63. The predicted octanol–water partition coefficient (Wildman–Crippen LogP) is 6.71. The molecule has 0 atom stereocenters. The molecule has 0 aromatic heterocycles. The Morgan fingerprint density at radius 1 is 0.483 bits per heavy atom. The van der Waals surface area contributed by atoms with Crippen LogP contribution in [0.5, 0.6) is 11.5 Å². The van der Waals surface area contributed by atoms with E-state index < -0.39 is 69.2 Å². The lowest BCUT2D eigenvalue weighted by Crippen LogP contribution is -2.09. The van der Waals surface area contributed by atoms with Crippen LogP contribution in [0.25, 0.3) is 11.1 Å². The molecule has 0 aliphatic heterocycles. The standard InChI is InChI=1S/C19H7F9O/c1-6-2-4-7(5-3-6)29-19-17(27)12(22)9(13(23)18(19)28)8-10(20)14(24)16(26)15(25)11(8)21/h2-5H,1H3. The monoisotopic (exact) mass is 422 g/mol. The van der Waals surface area contributed by atoms with Gasteiger partial charge >= 0.3 is 0 Å². The molecule has 3 rings (SSSR count). The van der Waals surface area contributed by atoms with Crippen LogP contribution in [0.4, 0.5) is 39.5 Å². The second kappa shape index (κ2) is 7.34. The lowest BCUT2D eigenvalue weighted by atomic mass is 10.0. The van der Waals surface area contributed by atoms with Gasteiger partial charge in [-0.05, 0) is 19.1 Å². The second-order valence-electron chi connectivity index (χ2n) is 5.82. The van der Waals surface area contributed by atoms with Crippen molar-refractivity contribution in [1.29, 1.82) is 0 Å². The fraction of sp³-hybridized carbons (Fsp3) is 0.0526. The molecule has 0 unspecified atom stereocenters. The molecule has 1 nitrogen and oxygen atoms in total. The fourth-order valence-corrected chi connectivity index (χ4v) is 2.47. The molecule has 10 heteroatoms. The van der Waals surface area contributed by atoms with Gasteiger partial charge < -0.3 is 4.74 Å². The van der Waals surface area contributed by atoms with Crippen molar-refractivity contribution in [3.8, 4) is 22.6 Å². The number of hydrogen-bond acceptors (Lipinski definition) is 1. The summed E-state index contributed by atoms with van der Waals surface area (Å²) in [4.78, 5) is 0. The zero-order chi connectivity index (χ0) is 21.6. The summed E-state index contributed by atoms with van der Waals surface area (Å²) < 4.78 is 130. The van der Waals surface area contributed by atoms with E-state index in [1.165, 1.54) is 24.3 Å². The SMILES string of the molecule is Cc1ccc(Oc2c(F)c(F)c(-c3c(F)c(F)c(F)c(F)c3F)c(F)c2F)cc1. The average molecular weight is 422 g/mol. The summed E-state index contributed by atoms with van der Waals surface area (Å²) in [5.41, 5.74) is -3.54. The minimum absolute atomic E-state index is 0.240. The van der Waals surface area contributed by atoms with E-state index >= 15 is 0 Å². The maximum Gasteiger partial charge on any atom is 0.205 e. The first-order chi connectivity index (χ1) is 13.6. The number of halogens is 9. The maximum atomic E-state index is 14.3. The lowest BCUT2D eigenvalue weighted by Gasteiger charge is -2.14. The molecule has 0 bridgehead atoms. The molecule has 0 heterocycles. The molecule has 0 saturated heterocycles. The first kappa shape index (κ1) is 20.6. The van der Waals surface area contributed by atoms with Gasteiger partial charge in [-0.15, -0.1) is 0 Å². The van der Waals surface area contributed by atoms with Crippen LogP contribution >= 0.6 is 0 Å². The Hall–Kier alpha value is -3.17. The van der Waals surface area contributed by atoms with Crippen LogP contribution in [-0.2, 0) is 0 Å². The van der Waals surface area contributed by atoms with Crippen LogP contribution in [-0.4, -0.2) is 0 Å². The van der Waals surface area contributed by atoms with E-state index in [-0.39, 0.29) is 5.75 Å². The zero-order valence-electron chi connectivity index (χ0n) is 14.1. The molecule has 0 N–H and O–H groups in total. The van der Waals surface area contributed by atoms with E-state index in [2.05, 4.69) is 0 Å². The highest BCUT2D eigenvalue weighted by atomic mass is 19.2. The van der Waals surface area contributed by atoms with Crippen LogP contribution in [0.1, 0.15) is 5.56 Å². The highest BCUT2D eigenvalue weighted by molar-refractivity contribution is 5.68. The van der Waals surface area contributed by atoms with Crippen LogP contribution < -0.4 is 4.74 Å². The van der Waals surface area contributed by atoms with Gasteiger partial charge in [0.05, 0.1) is 11.1 Å². The molecule has 29 heavy (non-hydrogen) atoms. The van der Waals surface area contributed by atoms with Crippen LogP contribution in [0, 0.1) is 59.3 Å². The van der Waals surface area contributed by atoms with Gasteiger partial charge in [0, 0.05) is 0 Å². The predicted molar refractivity (Wildman–Crippen MR) is 82.8 cm³/mol. The van der Waals surface area contributed by atoms with Gasteiger partial charge in [0.15, 0.2) is 34.9 Å². The van der Waals surface area contributed by atoms with Crippen molar-refractivity contribution in [1.82, 2.24) is 0 Å². The van der Waals surface area contributed by atoms with Gasteiger partial charge in [0.2, 0.25) is 23.2 Å². The summed E-state index contributed by atoms with van der Waals surface area (Å²) in [6, 6.07) is 5.31. The van der Waals surface area contributed by atoms with Crippen molar-refractivity contribution >= 4 is 0 Å². The Balaban J connectivity index is 2.26. The van der Waals surface area contributed by atoms with Gasteiger partial charge in [-0.1, -0.05) is 17.7 Å². The normalized spacial score (nSPS) is 11.1. The Labute approximate surface area is 157 Å². The average Bonchev–Trinajstić information content (AvgIpc) is 2.70. The van der Waals surface area contributed by atoms with Gasteiger partial charge in [0.25, 0.3) is 0 Å². The molecule has 0 amide bonds. The molecule has 0 spiro atoms. The molecular weight excluding hydrogens is 415 g/mol. The van der Waals surface area contributed by atoms with Gasteiger partial charge in [-0.2, -0.15) is 8.78 Å². The topological polar surface area (TPSA) is 9.23 Å². The first-order valence-electron chi connectivity index (χ1n) is 7.68. The molecule has 152 valence electrons. The summed E-state index contributed by atoms with van der Waals surface area (Å²) in [7, 11) is 0. The summed E-state index contributed by atoms with van der Waals surface area (Å²) >= 11 is 0. The number of rotatable bonds is 3. The van der Waals surface area contributed by atoms with E-state index in [1.54, 1.807) is 6.92 Å². The van der Waals surface area contributed by atoms with Crippen molar-refractivity contribution in [2.75, 3.05) is 0 Å². The van der Waals surface area contributed by atoms with Crippen molar-refractivity contribution in [2.45, 2.75) is 6.92 Å². The van der Waals surface area contributed by atoms with Gasteiger partial charge in [-0.25, -0.2) is 30.7 Å². The van der Waals surface area contributed by atoms with E-state index in [0.717, 1.165) is 5.56 Å². The quantitative estimate of drug-likeness (QED) is 0.259. The van der Waals surface area contributed by atoms with Gasteiger partial charge in [-0.3, -0.25) is 0 Å². The summed E-state index contributed by atoms with van der Waals surface area (Å²) in [6.45, 7) is 1.67. The molecule has 0 radical (unpaired) electrons. The largest absolute Gasteiger partial charge is 0.451 e. The number of ether oxygens (including phenoxy) is 1. The third-order valence-electron chi connectivity index (χ3n) is 3.92. The van der Waals surface area contributed by atoms with Crippen LogP contribution in [0.2, 0.25) is 0 Å². The van der Waals surface area contributed by atoms with E-state index in [0.29, 0.717) is 0 Å². The van der Waals surface area contributed by atoms with Crippen molar-refractivity contribution < 1.29 is 44.3 Å². The Morgan fingerprint density at radius 2 is 0.828 bits per heavy atom. The summed E-state index contributed by atoms with van der Waals surface area (Å²) in [5.74, 6) is -24.1. The molecule has 3 aromatic rings. The van der Waals surface area contributed by atoms with Crippen molar-refractivity contribution in [3.05, 3.63) is 82.2 Å². The number of aryl methyl sites for hydroxylation is 1.